The highest BCUT2D eigenvalue weighted by Crippen LogP contribution is 2.03. The lowest BCUT2D eigenvalue weighted by Gasteiger charge is -2.24. The van der Waals surface area contributed by atoms with Crippen LogP contribution in [-0.2, 0) is 0 Å². The Labute approximate surface area is 69.8 Å². The highest BCUT2D eigenvalue weighted by atomic mass is 15.0. The number of piperazine rings is 1. The van der Waals surface area contributed by atoms with Gasteiger partial charge in [-0.2, -0.15) is 0 Å². The maximum Gasteiger partial charge on any atom is 0.0193 e. The molecule has 2 nitrogen and oxygen atoms in total. The lowest BCUT2D eigenvalue weighted by atomic mass is 10.1. The standard InChI is InChI=1S/C9H20N2/c1-2-3-4-5-9-8-10-6-7-11-9/h9-11H,2-8H2,1H3. The molecule has 0 amide bonds. The molecule has 0 spiro atoms. The van der Waals surface area contributed by atoms with Crippen LogP contribution in [0.15, 0.2) is 0 Å². The van der Waals surface area contributed by atoms with E-state index in [9.17, 15) is 0 Å². The van der Waals surface area contributed by atoms with E-state index in [-0.39, 0.29) is 0 Å². The predicted molar refractivity (Wildman–Crippen MR) is 48.8 cm³/mol. The summed E-state index contributed by atoms with van der Waals surface area (Å²) in [6.45, 7) is 5.72. The third kappa shape index (κ3) is 3.73. The van der Waals surface area contributed by atoms with Gasteiger partial charge < -0.3 is 10.6 Å². The van der Waals surface area contributed by atoms with Crippen LogP contribution in [0.1, 0.15) is 32.6 Å². The lowest BCUT2D eigenvalue weighted by Crippen LogP contribution is -2.48. The zero-order chi connectivity index (χ0) is 7.94. The first kappa shape index (κ1) is 9.01. The van der Waals surface area contributed by atoms with E-state index < -0.39 is 0 Å². The molecular weight excluding hydrogens is 136 g/mol. The number of unbranched alkanes of at least 4 members (excludes halogenated alkanes) is 2. The second-order valence-electron chi connectivity index (χ2n) is 3.35. The first-order chi connectivity index (χ1) is 5.43. The largest absolute Gasteiger partial charge is 0.314 e. The van der Waals surface area contributed by atoms with Crippen LogP contribution in [-0.4, -0.2) is 25.7 Å². The molecule has 1 atom stereocenters. The second-order valence-corrected chi connectivity index (χ2v) is 3.35. The van der Waals surface area contributed by atoms with Gasteiger partial charge in [0.1, 0.15) is 0 Å². The topological polar surface area (TPSA) is 24.1 Å². The van der Waals surface area contributed by atoms with Crippen LogP contribution in [0.5, 0.6) is 0 Å². The molecule has 0 aromatic heterocycles. The first-order valence-electron chi connectivity index (χ1n) is 4.87. The van der Waals surface area contributed by atoms with E-state index in [0.717, 1.165) is 19.1 Å². The monoisotopic (exact) mass is 156 g/mol. The molecule has 0 aromatic carbocycles. The Morgan fingerprint density at radius 3 is 2.82 bits per heavy atom. The highest BCUT2D eigenvalue weighted by molar-refractivity contribution is 4.74. The Balaban J connectivity index is 1.96. The summed E-state index contributed by atoms with van der Waals surface area (Å²) in [5.74, 6) is 0. The van der Waals surface area contributed by atoms with Gasteiger partial charge in [-0.05, 0) is 6.42 Å². The molecule has 0 saturated carbocycles. The minimum absolute atomic E-state index is 0.746. The van der Waals surface area contributed by atoms with Crippen LogP contribution in [0.4, 0.5) is 0 Å². The van der Waals surface area contributed by atoms with Crippen LogP contribution < -0.4 is 10.6 Å². The molecule has 1 unspecified atom stereocenters. The molecule has 2 heteroatoms. The maximum absolute atomic E-state index is 3.52. The van der Waals surface area contributed by atoms with Crippen molar-refractivity contribution in [3.63, 3.8) is 0 Å². The molecule has 1 aliphatic rings. The molecule has 0 aliphatic carbocycles. The molecule has 0 aromatic rings. The summed E-state index contributed by atoms with van der Waals surface area (Å²) >= 11 is 0. The normalized spacial score (nSPS) is 25.4. The van der Waals surface area contributed by atoms with Crippen LogP contribution in [0.25, 0.3) is 0 Å². The average molecular weight is 156 g/mol. The number of hydrogen-bond acceptors (Lipinski definition) is 2. The second kappa shape index (κ2) is 5.56. The van der Waals surface area contributed by atoms with Gasteiger partial charge in [-0.25, -0.2) is 0 Å². The molecule has 1 aliphatic heterocycles. The van der Waals surface area contributed by atoms with Gasteiger partial charge in [0.05, 0.1) is 0 Å². The maximum atomic E-state index is 3.52. The Kier molecular flexibility index (Phi) is 4.55. The molecule has 1 rings (SSSR count). The third-order valence-corrected chi connectivity index (χ3v) is 2.28. The fraction of sp³-hybridized carbons (Fsp3) is 1.00. The Morgan fingerprint density at radius 1 is 1.27 bits per heavy atom. The molecule has 1 fully saturated rings. The summed E-state index contributed by atoms with van der Waals surface area (Å²) in [5, 5.41) is 6.91. The van der Waals surface area contributed by atoms with Gasteiger partial charge in [0.15, 0.2) is 0 Å². The van der Waals surface area contributed by atoms with E-state index in [1.165, 1.54) is 32.2 Å². The van der Waals surface area contributed by atoms with Gasteiger partial charge in [-0.1, -0.05) is 26.2 Å². The summed E-state index contributed by atoms with van der Waals surface area (Å²) in [7, 11) is 0. The van der Waals surface area contributed by atoms with Crippen molar-refractivity contribution in [2.75, 3.05) is 19.6 Å². The van der Waals surface area contributed by atoms with Crippen molar-refractivity contribution in [1.82, 2.24) is 10.6 Å². The Morgan fingerprint density at radius 2 is 2.18 bits per heavy atom. The lowest BCUT2D eigenvalue weighted by molar-refractivity contribution is 0.388. The van der Waals surface area contributed by atoms with Crippen LogP contribution >= 0.6 is 0 Å². The van der Waals surface area contributed by atoms with Gasteiger partial charge in [0.2, 0.25) is 0 Å². The van der Waals surface area contributed by atoms with Crippen molar-refractivity contribution in [2.45, 2.75) is 38.6 Å². The number of nitrogens with one attached hydrogen (secondary N) is 2. The zero-order valence-electron chi connectivity index (χ0n) is 7.53. The van der Waals surface area contributed by atoms with Crippen LogP contribution in [0.3, 0.4) is 0 Å². The van der Waals surface area contributed by atoms with Gasteiger partial charge in [-0.15, -0.1) is 0 Å². The van der Waals surface area contributed by atoms with Crippen molar-refractivity contribution in [2.24, 2.45) is 0 Å². The van der Waals surface area contributed by atoms with Crippen molar-refractivity contribution >= 4 is 0 Å². The minimum Gasteiger partial charge on any atom is -0.314 e. The van der Waals surface area contributed by atoms with E-state index in [1.807, 2.05) is 0 Å². The molecule has 1 saturated heterocycles. The van der Waals surface area contributed by atoms with E-state index in [4.69, 9.17) is 0 Å². The van der Waals surface area contributed by atoms with Crippen LogP contribution in [0, 0.1) is 0 Å². The third-order valence-electron chi connectivity index (χ3n) is 2.28. The van der Waals surface area contributed by atoms with Gasteiger partial charge in [0, 0.05) is 25.7 Å². The summed E-state index contributed by atoms with van der Waals surface area (Å²) in [4.78, 5) is 0. The number of rotatable bonds is 4. The van der Waals surface area contributed by atoms with Crippen molar-refractivity contribution in [1.29, 1.82) is 0 Å². The molecule has 11 heavy (non-hydrogen) atoms. The van der Waals surface area contributed by atoms with Gasteiger partial charge in [-0.3, -0.25) is 0 Å². The first-order valence-corrected chi connectivity index (χ1v) is 4.87. The Hall–Kier alpha value is -0.0800. The van der Waals surface area contributed by atoms with Crippen molar-refractivity contribution in [3.8, 4) is 0 Å². The average Bonchev–Trinajstić information content (AvgIpc) is 2.07. The quantitative estimate of drug-likeness (QED) is 0.596. The van der Waals surface area contributed by atoms with Crippen LogP contribution in [0.2, 0.25) is 0 Å². The Bertz CT molecular complexity index is 87.6. The summed E-state index contributed by atoms with van der Waals surface area (Å²) in [6, 6.07) is 0.746. The molecule has 0 bridgehead atoms. The fourth-order valence-electron chi connectivity index (χ4n) is 1.56. The van der Waals surface area contributed by atoms with Crippen molar-refractivity contribution in [3.05, 3.63) is 0 Å². The summed E-state index contributed by atoms with van der Waals surface area (Å²) in [6.07, 6.45) is 5.45. The number of hydrogen-bond donors (Lipinski definition) is 2. The molecular formula is C9H20N2. The van der Waals surface area contributed by atoms with E-state index in [0.29, 0.717) is 0 Å². The summed E-state index contributed by atoms with van der Waals surface area (Å²) in [5.41, 5.74) is 0. The molecule has 2 N–H and O–H groups in total. The van der Waals surface area contributed by atoms with E-state index >= 15 is 0 Å². The molecule has 1 heterocycles. The van der Waals surface area contributed by atoms with Gasteiger partial charge >= 0.3 is 0 Å². The summed E-state index contributed by atoms with van der Waals surface area (Å²) < 4.78 is 0. The highest BCUT2D eigenvalue weighted by Gasteiger charge is 2.09. The SMILES string of the molecule is CCCCCC1CNCCN1. The molecule has 0 radical (unpaired) electrons. The minimum atomic E-state index is 0.746. The zero-order valence-corrected chi connectivity index (χ0v) is 7.53. The van der Waals surface area contributed by atoms with Gasteiger partial charge in [0.25, 0.3) is 0 Å². The molecule has 66 valence electrons. The fourth-order valence-corrected chi connectivity index (χ4v) is 1.56. The van der Waals surface area contributed by atoms with Crippen molar-refractivity contribution < 1.29 is 0 Å². The van der Waals surface area contributed by atoms with E-state index in [1.54, 1.807) is 0 Å². The predicted octanol–water partition coefficient (Wildman–Crippen LogP) is 1.13. The van der Waals surface area contributed by atoms with E-state index in [2.05, 4.69) is 17.6 Å². The smallest absolute Gasteiger partial charge is 0.0193 e.